The van der Waals surface area contributed by atoms with E-state index in [-0.39, 0.29) is 24.9 Å². The van der Waals surface area contributed by atoms with E-state index in [1.54, 1.807) is 6.92 Å². The van der Waals surface area contributed by atoms with Crippen molar-refractivity contribution in [2.24, 2.45) is 5.92 Å². The van der Waals surface area contributed by atoms with E-state index in [0.717, 1.165) is 28.7 Å². The molecule has 7 nitrogen and oxygen atoms in total. The van der Waals surface area contributed by atoms with E-state index in [1.165, 1.54) is 4.90 Å². The van der Waals surface area contributed by atoms with E-state index < -0.39 is 30.1 Å². The van der Waals surface area contributed by atoms with Crippen LogP contribution < -0.4 is 5.32 Å². The van der Waals surface area contributed by atoms with Crippen LogP contribution in [0.25, 0.3) is 11.1 Å². The van der Waals surface area contributed by atoms with Crippen LogP contribution in [0.1, 0.15) is 50.2 Å². The van der Waals surface area contributed by atoms with Crippen LogP contribution >= 0.6 is 0 Å². The Balaban J connectivity index is 1.46. The Hall–Kier alpha value is -3.79. The van der Waals surface area contributed by atoms with Crippen molar-refractivity contribution in [3.63, 3.8) is 0 Å². The number of amides is 2. The molecule has 0 aromatic heterocycles. The van der Waals surface area contributed by atoms with E-state index in [2.05, 4.69) is 29.3 Å². The quantitative estimate of drug-likeness (QED) is 0.617. The fraction of sp³-hybridized carbons (Fsp3) is 0.393. The number of likely N-dealkylation sites (tertiary alicyclic amines) is 1. The molecule has 1 heterocycles. The number of benzene rings is 2. The second kappa shape index (κ2) is 10.6. The average molecular weight is 475 g/mol. The van der Waals surface area contributed by atoms with E-state index in [0.29, 0.717) is 13.0 Å². The number of carboxylic acids is 1. The molecule has 4 rings (SSSR count). The lowest BCUT2D eigenvalue weighted by Crippen LogP contribution is -2.57. The zero-order valence-electron chi connectivity index (χ0n) is 20.0. The third-order valence-corrected chi connectivity index (χ3v) is 6.89. The molecule has 0 saturated carbocycles. The normalized spacial score (nSPS) is 19.5. The number of ether oxygens (including phenoxy) is 1. The van der Waals surface area contributed by atoms with Crippen molar-refractivity contribution in [1.82, 2.24) is 10.2 Å². The van der Waals surface area contributed by atoms with Gasteiger partial charge in [0.25, 0.3) is 0 Å². The van der Waals surface area contributed by atoms with Crippen LogP contribution in [0.4, 0.5) is 4.79 Å². The minimum absolute atomic E-state index is 0.0801. The van der Waals surface area contributed by atoms with Crippen molar-refractivity contribution < 1.29 is 24.2 Å². The van der Waals surface area contributed by atoms with Gasteiger partial charge in [0, 0.05) is 18.9 Å². The second-order valence-electron chi connectivity index (χ2n) is 9.09. The van der Waals surface area contributed by atoms with E-state index in [9.17, 15) is 19.5 Å². The molecule has 35 heavy (non-hydrogen) atoms. The maximum atomic E-state index is 13.3. The van der Waals surface area contributed by atoms with Crippen molar-refractivity contribution >= 4 is 18.0 Å². The van der Waals surface area contributed by atoms with Gasteiger partial charge in [0.2, 0.25) is 5.91 Å². The molecule has 1 saturated heterocycles. The summed E-state index contributed by atoms with van der Waals surface area (Å²) in [6.45, 7) is 3.94. The number of carboxylic acid groups (broad SMARTS) is 1. The monoisotopic (exact) mass is 474 g/mol. The fourth-order valence-electron chi connectivity index (χ4n) is 5.20. The minimum Gasteiger partial charge on any atom is -0.480 e. The summed E-state index contributed by atoms with van der Waals surface area (Å²) in [6.07, 6.45) is 0.810. The molecular formula is C28H30N2O5. The van der Waals surface area contributed by atoms with Gasteiger partial charge < -0.3 is 20.1 Å². The van der Waals surface area contributed by atoms with Gasteiger partial charge in [0.05, 0.1) is 0 Å². The number of alkyl carbamates (subject to hydrolysis) is 1. The van der Waals surface area contributed by atoms with Crippen LogP contribution in [0.3, 0.4) is 0 Å². The summed E-state index contributed by atoms with van der Waals surface area (Å²) in [6, 6.07) is 14.2. The number of fused-ring (bicyclic) bond motifs is 3. The van der Waals surface area contributed by atoms with Crippen molar-refractivity contribution in [2.75, 3.05) is 13.2 Å². The molecule has 0 radical (unpaired) electrons. The van der Waals surface area contributed by atoms with Crippen LogP contribution in [-0.2, 0) is 14.3 Å². The molecule has 0 spiro atoms. The lowest BCUT2D eigenvalue weighted by molar-refractivity contribution is -0.155. The molecule has 182 valence electrons. The zero-order chi connectivity index (χ0) is 24.9. The third kappa shape index (κ3) is 5.02. The molecule has 2 aromatic rings. The van der Waals surface area contributed by atoms with Crippen molar-refractivity contribution in [3.05, 3.63) is 59.7 Å². The van der Waals surface area contributed by atoms with Gasteiger partial charge in [-0.25, -0.2) is 9.59 Å². The first-order valence-corrected chi connectivity index (χ1v) is 12.0. The van der Waals surface area contributed by atoms with Crippen molar-refractivity contribution in [2.45, 2.75) is 51.1 Å². The first kappa shape index (κ1) is 24.3. The first-order valence-electron chi connectivity index (χ1n) is 12.0. The summed E-state index contributed by atoms with van der Waals surface area (Å²) in [4.78, 5) is 39.3. The lowest BCUT2D eigenvalue weighted by Gasteiger charge is -2.38. The molecular weight excluding hydrogens is 444 g/mol. The molecule has 2 N–H and O–H groups in total. The van der Waals surface area contributed by atoms with Gasteiger partial charge in [0.1, 0.15) is 18.7 Å². The molecule has 2 amide bonds. The first-order chi connectivity index (χ1) is 16.9. The number of hydrogen-bond acceptors (Lipinski definition) is 4. The van der Waals surface area contributed by atoms with Gasteiger partial charge >= 0.3 is 12.1 Å². The second-order valence-corrected chi connectivity index (χ2v) is 9.09. The Morgan fingerprint density at radius 3 is 2.34 bits per heavy atom. The highest BCUT2D eigenvalue weighted by Gasteiger charge is 2.40. The largest absolute Gasteiger partial charge is 0.480 e. The van der Waals surface area contributed by atoms with Crippen molar-refractivity contribution in [3.8, 4) is 23.0 Å². The third-order valence-electron chi connectivity index (χ3n) is 6.89. The Kier molecular flexibility index (Phi) is 7.40. The Labute approximate surface area is 205 Å². The molecule has 0 bridgehead atoms. The van der Waals surface area contributed by atoms with Crippen LogP contribution in [0.5, 0.6) is 0 Å². The summed E-state index contributed by atoms with van der Waals surface area (Å²) in [7, 11) is 0. The summed E-state index contributed by atoms with van der Waals surface area (Å²) >= 11 is 0. The molecule has 2 aliphatic rings. The van der Waals surface area contributed by atoms with E-state index in [4.69, 9.17) is 4.74 Å². The number of aliphatic carboxylic acids is 1. The summed E-state index contributed by atoms with van der Waals surface area (Å²) in [5, 5.41) is 12.3. The number of rotatable bonds is 6. The zero-order valence-corrected chi connectivity index (χ0v) is 20.0. The highest BCUT2D eigenvalue weighted by Crippen LogP contribution is 2.44. The standard InChI is InChI=1S/C28H30N2O5/c1-3-4-15-24(26(31)30-16-9-10-18(2)25(30)27(32)33)29-28(34)35-17-23-21-13-7-5-11-19(21)20-12-6-8-14-22(20)23/h5-8,11-14,18,23-25H,9-10,15-17H2,1-2H3,(H,29,34)(H,32,33). The summed E-state index contributed by atoms with van der Waals surface area (Å²) in [5.74, 6) is 3.83. The van der Waals surface area contributed by atoms with Crippen LogP contribution in [0, 0.1) is 17.8 Å². The highest BCUT2D eigenvalue weighted by atomic mass is 16.5. The summed E-state index contributed by atoms with van der Waals surface area (Å²) < 4.78 is 5.60. The van der Waals surface area contributed by atoms with E-state index >= 15 is 0 Å². The number of nitrogens with zero attached hydrogens (tertiary/aromatic N) is 1. The number of hydrogen-bond donors (Lipinski definition) is 2. The molecule has 3 atom stereocenters. The number of carbonyl (C=O) groups is 3. The number of nitrogens with one attached hydrogen (secondary N) is 1. The SMILES string of the molecule is CC#CCC(NC(=O)OCC1c2ccccc2-c2ccccc21)C(=O)N1CCCC(C)C1C(=O)O. The predicted molar refractivity (Wildman–Crippen MR) is 132 cm³/mol. The Bertz CT molecular complexity index is 1140. The maximum Gasteiger partial charge on any atom is 0.407 e. The average Bonchev–Trinajstić information content (AvgIpc) is 3.18. The molecule has 1 fully saturated rings. The van der Waals surface area contributed by atoms with Crippen LogP contribution in [0.2, 0.25) is 0 Å². The fourth-order valence-corrected chi connectivity index (χ4v) is 5.20. The van der Waals surface area contributed by atoms with Crippen LogP contribution in [0.15, 0.2) is 48.5 Å². The smallest absolute Gasteiger partial charge is 0.407 e. The van der Waals surface area contributed by atoms with Gasteiger partial charge in [0.15, 0.2) is 0 Å². The van der Waals surface area contributed by atoms with Gasteiger partial charge in [-0.15, -0.1) is 11.8 Å². The van der Waals surface area contributed by atoms with Gasteiger partial charge in [-0.05, 0) is 47.9 Å². The topological polar surface area (TPSA) is 95.9 Å². The predicted octanol–water partition coefficient (Wildman–Crippen LogP) is 4.02. The van der Waals surface area contributed by atoms with Gasteiger partial charge in [-0.3, -0.25) is 4.79 Å². The Morgan fingerprint density at radius 2 is 1.74 bits per heavy atom. The van der Waals surface area contributed by atoms with Crippen molar-refractivity contribution in [1.29, 1.82) is 0 Å². The van der Waals surface area contributed by atoms with E-state index in [1.807, 2.05) is 43.3 Å². The summed E-state index contributed by atoms with van der Waals surface area (Å²) in [5.41, 5.74) is 4.44. The number of piperidine rings is 1. The Morgan fingerprint density at radius 1 is 1.11 bits per heavy atom. The highest BCUT2D eigenvalue weighted by molar-refractivity contribution is 5.90. The lowest BCUT2D eigenvalue weighted by atomic mass is 9.90. The van der Waals surface area contributed by atoms with Crippen LogP contribution in [-0.4, -0.2) is 53.2 Å². The molecule has 3 unspecified atom stereocenters. The molecule has 1 aliphatic heterocycles. The van der Waals surface area contributed by atoms with Gasteiger partial charge in [-0.2, -0.15) is 0 Å². The molecule has 1 aliphatic carbocycles. The molecule has 7 heteroatoms. The maximum absolute atomic E-state index is 13.3. The minimum atomic E-state index is -1.04. The molecule has 2 aromatic carbocycles. The van der Waals surface area contributed by atoms with Gasteiger partial charge in [-0.1, -0.05) is 55.5 Å². The number of carbonyl (C=O) groups excluding carboxylic acids is 2.